The Kier molecular flexibility index (Phi) is 9.64. The maximum absolute atomic E-state index is 4.33. The van der Waals surface area contributed by atoms with Crippen LogP contribution in [0.3, 0.4) is 0 Å². The molecule has 1 heterocycles. The third-order valence-corrected chi connectivity index (χ3v) is 5.66. The fourth-order valence-electron chi connectivity index (χ4n) is 3.43. The van der Waals surface area contributed by atoms with Gasteiger partial charge in [-0.15, -0.1) is 0 Å². The molecule has 1 aromatic rings. The summed E-state index contributed by atoms with van der Waals surface area (Å²) in [5.74, 6) is 0.866. The number of likely N-dealkylation sites (tertiary alicyclic amines) is 1. The predicted octanol–water partition coefficient (Wildman–Crippen LogP) is 3.07. The van der Waals surface area contributed by atoms with E-state index in [0.717, 1.165) is 32.1 Å². The van der Waals surface area contributed by atoms with Gasteiger partial charge in [-0.25, -0.2) is 0 Å². The Labute approximate surface area is 166 Å². The molecule has 27 heavy (non-hydrogen) atoms. The third kappa shape index (κ3) is 7.89. The van der Waals surface area contributed by atoms with E-state index in [0.29, 0.717) is 6.04 Å². The van der Waals surface area contributed by atoms with Gasteiger partial charge in [0.2, 0.25) is 0 Å². The maximum atomic E-state index is 4.33. The van der Waals surface area contributed by atoms with Crippen molar-refractivity contribution < 1.29 is 0 Å². The first kappa shape index (κ1) is 21.7. The number of hydrogen-bond donors (Lipinski definition) is 2. The van der Waals surface area contributed by atoms with Crippen molar-refractivity contribution in [2.75, 3.05) is 40.3 Å². The zero-order chi connectivity index (χ0) is 19.5. The highest BCUT2D eigenvalue weighted by atomic mass is 15.2. The highest BCUT2D eigenvalue weighted by Crippen LogP contribution is 2.13. The predicted molar refractivity (Wildman–Crippen MR) is 116 cm³/mol. The molecule has 0 aliphatic carbocycles. The van der Waals surface area contributed by atoms with Crippen molar-refractivity contribution >= 4 is 5.96 Å². The summed E-state index contributed by atoms with van der Waals surface area (Å²) in [7, 11) is 4.01. The highest BCUT2D eigenvalue weighted by Gasteiger charge is 2.10. The van der Waals surface area contributed by atoms with E-state index >= 15 is 0 Å². The zero-order valence-electron chi connectivity index (χ0n) is 17.8. The van der Waals surface area contributed by atoms with Crippen LogP contribution in [-0.2, 0) is 13.1 Å². The van der Waals surface area contributed by atoms with Crippen molar-refractivity contribution in [2.45, 2.75) is 58.7 Å². The van der Waals surface area contributed by atoms with Gasteiger partial charge >= 0.3 is 0 Å². The van der Waals surface area contributed by atoms with Crippen LogP contribution in [0.4, 0.5) is 0 Å². The van der Waals surface area contributed by atoms with Gasteiger partial charge in [0.25, 0.3) is 0 Å². The Morgan fingerprint density at radius 2 is 1.78 bits per heavy atom. The van der Waals surface area contributed by atoms with Crippen molar-refractivity contribution in [3.8, 4) is 0 Å². The Bertz CT molecular complexity index is 548. The van der Waals surface area contributed by atoms with Crippen LogP contribution >= 0.6 is 0 Å². The molecule has 0 amide bonds. The molecule has 0 bridgehead atoms. The second kappa shape index (κ2) is 12.0. The third-order valence-electron chi connectivity index (χ3n) is 5.66. The summed E-state index contributed by atoms with van der Waals surface area (Å²) in [6.45, 7) is 10.8. The van der Waals surface area contributed by atoms with Crippen LogP contribution in [0.25, 0.3) is 0 Å². The van der Waals surface area contributed by atoms with E-state index < -0.39 is 0 Å². The van der Waals surface area contributed by atoms with Gasteiger partial charge in [0.1, 0.15) is 0 Å². The number of likely N-dealkylation sites (N-methyl/N-ethyl adjacent to an activating group) is 1. The first-order valence-corrected chi connectivity index (χ1v) is 10.6. The van der Waals surface area contributed by atoms with Crippen LogP contribution in [0.2, 0.25) is 0 Å². The molecule has 5 heteroatoms. The lowest BCUT2D eigenvalue weighted by Gasteiger charge is -2.26. The minimum Gasteiger partial charge on any atom is -0.355 e. The topological polar surface area (TPSA) is 42.9 Å². The number of aliphatic imine (C=N–C) groups is 1. The number of nitrogens with one attached hydrogen (secondary N) is 2. The Hall–Kier alpha value is -1.59. The quantitative estimate of drug-likeness (QED) is 0.516. The van der Waals surface area contributed by atoms with E-state index in [9.17, 15) is 0 Å². The molecule has 2 N–H and O–H groups in total. The second-order valence-electron chi connectivity index (χ2n) is 7.74. The van der Waals surface area contributed by atoms with Gasteiger partial charge in [0.15, 0.2) is 5.96 Å². The van der Waals surface area contributed by atoms with Crippen molar-refractivity contribution in [3.05, 3.63) is 35.4 Å². The van der Waals surface area contributed by atoms with Crippen LogP contribution in [-0.4, -0.2) is 62.1 Å². The number of benzene rings is 1. The monoisotopic (exact) mass is 373 g/mol. The molecule has 0 spiro atoms. The summed E-state index contributed by atoms with van der Waals surface area (Å²) in [6.07, 6.45) is 5.27. The summed E-state index contributed by atoms with van der Waals surface area (Å²) in [6, 6.07) is 9.61. The number of guanidine groups is 1. The number of hydrogen-bond acceptors (Lipinski definition) is 3. The zero-order valence-corrected chi connectivity index (χ0v) is 17.8. The van der Waals surface area contributed by atoms with E-state index in [1.54, 1.807) is 0 Å². The summed E-state index contributed by atoms with van der Waals surface area (Å²) in [5.41, 5.74) is 2.70. The Morgan fingerprint density at radius 1 is 1.11 bits per heavy atom. The minimum absolute atomic E-state index is 0.616. The van der Waals surface area contributed by atoms with E-state index in [1.807, 2.05) is 7.05 Å². The smallest absolute Gasteiger partial charge is 0.191 e. The molecule has 2 rings (SSSR count). The van der Waals surface area contributed by atoms with Crippen molar-refractivity contribution in [1.82, 2.24) is 20.4 Å². The van der Waals surface area contributed by atoms with Crippen molar-refractivity contribution in [2.24, 2.45) is 4.99 Å². The summed E-state index contributed by atoms with van der Waals surface area (Å²) < 4.78 is 0. The maximum Gasteiger partial charge on any atom is 0.191 e. The minimum atomic E-state index is 0.616. The van der Waals surface area contributed by atoms with E-state index in [2.05, 4.69) is 70.6 Å². The first-order chi connectivity index (χ1) is 13.1. The van der Waals surface area contributed by atoms with Crippen LogP contribution in [0.5, 0.6) is 0 Å². The van der Waals surface area contributed by atoms with Crippen LogP contribution in [0.1, 0.15) is 50.7 Å². The van der Waals surface area contributed by atoms with E-state index in [4.69, 9.17) is 0 Å². The van der Waals surface area contributed by atoms with Gasteiger partial charge in [-0.2, -0.15) is 0 Å². The highest BCUT2D eigenvalue weighted by molar-refractivity contribution is 5.79. The van der Waals surface area contributed by atoms with Gasteiger partial charge in [-0.3, -0.25) is 9.89 Å². The fraction of sp³-hybridized carbons (Fsp3) is 0.682. The average molecular weight is 374 g/mol. The first-order valence-electron chi connectivity index (χ1n) is 10.6. The molecule has 1 aliphatic heterocycles. The lowest BCUT2D eigenvalue weighted by molar-refractivity contribution is 0.221. The molecule has 1 fully saturated rings. The molecule has 5 nitrogen and oxygen atoms in total. The average Bonchev–Trinajstić information content (AvgIpc) is 2.71. The van der Waals surface area contributed by atoms with Crippen molar-refractivity contribution in [3.63, 3.8) is 0 Å². The molecule has 0 saturated carbocycles. The van der Waals surface area contributed by atoms with Gasteiger partial charge in [-0.1, -0.05) is 37.6 Å². The van der Waals surface area contributed by atoms with Gasteiger partial charge < -0.3 is 15.5 Å². The number of rotatable bonds is 9. The van der Waals surface area contributed by atoms with Gasteiger partial charge in [0.05, 0.1) is 0 Å². The molecular formula is C22H39N5. The molecule has 1 atom stereocenters. The summed E-state index contributed by atoms with van der Waals surface area (Å²) in [4.78, 5) is 9.27. The number of nitrogens with zero attached hydrogens (tertiary/aromatic N) is 3. The fourth-order valence-corrected chi connectivity index (χ4v) is 3.43. The molecule has 1 aromatic carbocycles. The number of piperidine rings is 1. The van der Waals surface area contributed by atoms with Crippen LogP contribution in [0.15, 0.2) is 29.3 Å². The lowest BCUT2D eigenvalue weighted by atomic mass is 10.1. The normalized spacial score (nSPS) is 17.1. The molecule has 152 valence electrons. The summed E-state index contributed by atoms with van der Waals surface area (Å²) in [5, 5.41) is 6.82. The molecule has 1 saturated heterocycles. The lowest BCUT2D eigenvalue weighted by Crippen LogP contribution is -2.42. The Morgan fingerprint density at radius 3 is 2.41 bits per heavy atom. The molecule has 1 unspecified atom stereocenters. The molecular weight excluding hydrogens is 334 g/mol. The standard InChI is InChI=1S/C22H39N5/c1-5-19(2)26(4)16-13-24-22(23-3)25-17-20-9-11-21(12-10-20)18-27-14-7-6-8-15-27/h9-12,19H,5-8,13-18H2,1-4H3,(H2,23,24,25). The van der Waals surface area contributed by atoms with Gasteiger partial charge in [-0.05, 0) is 57.5 Å². The Balaban J connectivity index is 1.70. The van der Waals surface area contributed by atoms with Crippen molar-refractivity contribution in [1.29, 1.82) is 0 Å². The van der Waals surface area contributed by atoms with Crippen LogP contribution in [0, 0.1) is 0 Å². The molecule has 1 aliphatic rings. The molecule has 0 aromatic heterocycles. The largest absolute Gasteiger partial charge is 0.355 e. The summed E-state index contributed by atoms with van der Waals surface area (Å²) >= 11 is 0. The van der Waals surface area contributed by atoms with E-state index in [-0.39, 0.29) is 0 Å². The second-order valence-corrected chi connectivity index (χ2v) is 7.74. The van der Waals surface area contributed by atoms with Crippen LogP contribution < -0.4 is 10.6 Å². The van der Waals surface area contributed by atoms with Gasteiger partial charge in [0, 0.05) is 39.3 Å². The SMILES string of the molecule is CCC(C)N(C)CCNC(=NC)NCc1ccc(CN2CCCCC2)cc1. The van der Waals surface area contributed by atoms with E-state index in [1.165, 1.54) is 49.9 Å². The molecule has 0 radical (unpaired) electrons.